The normalized spacial score (nSPS) is 12.1. The molecule has 29 heavy (non-hydrogen) atoms. The Balaban J connectivity index is 1.97. The number of nitrogens with one attached hydrogen (secondary N) is 3. The van der Waals surface area contributed by atoms with Crippen molar-refractivity contribution in [1.82, 2.24) is 30.5 Å². The van der Waals surface area contributed by atoms with Crippen LogP contribution in [-0.2, 0) is 9.53 Å². The monoisotopic (exact) mass is 417 g/mol. The van der Waals surface area contributed by atoms with Crippen LogP contribution in [0.25, 0.3) is 11.0 Å². The average molecular weight is 418 g/mol. The molecule has 0 aliphatic rings. The van der Waals surface area contributed by atoms with Crippen molar-refractivity contribution in [3.05, 3.63) is 34.9 Å². The van der Waals surface area contributed by atoms with Crippen molar-refractivity contribution in [2.24, 2.45) is 0 Å². The van der Waals surface area contributed by atoms with Crippen LogP contribution in [0.4, 0.5) is 11.6 Å². The molecular formula is C19H24ClN7O2. The Labute approximate surface area is 173 Å². The molecule has 9 nitrogen and oxygen atoms in total. The quantitative estimate of drug-likeness (QED) is 0.360. The number of aryl methyl sites for hydroxylation is 1. The Morgan fingerprint density at radius 1 is 1.34 bits per heavy atom. The summed E-state index contributed by atoms with van der Waals surface area (Å²) in [6.45, 7) is 6.78. The zero-order valence-electron chi connectivity index (χ0n) is 16.6. The zero-order chi connectivity index (χ0) is 20.8. The van der Waals surface area contributed by atoms with E-state index in [1.54, 1.807) is 13.1 Å². The van der Waals surface area contributed by atoms with E-state index in [1.165, 1.54) is 0 Å². The van der Waals surface area contributed by atoms with Crippen LogP contribution in [0.2, 0.25) is 5.28 Å². The van der Waals surface area contributed by atoms with Gasteiger partial charge in [0.05, 0.1) is 6.04 Å². The van der Waals surface area contributed by atoms with Crippen LogP contribution in [0.3, 0.4) is 0 Å². The number of anilines is 2. The molecule has 0 aliphatic heterocycles. The largest absolute Gasteiger partial charge is 0.382 e. The molecule has 10 heteroatoms. The molecule has 0 spiro atoms. The minimum Gasteiger partial charge on any atom is -0.382 e. The number of aromatic amines is 1. The molecule has 0 aliphatic carbocycles. The zero-order valence-corrected chi connectivity index (χ0v) is 17.4. The van der Waals surface area contributed by atoms with E-state index in [0.29, 0.717) is 54.4 Å². The fourth-order valence-electron chi connectivity index (χ4n) is 2.87. The summed E-state index contributed by atoms with van der Waals surface area (Å²) in [4.78, 5) is 24.9. The molecule has 3 rings (SSSR count). The predicted molar refractivity (Wildman–Crippen MR) is 111 cm³/mol. The van der Waals surface area contributed by atoms with Crippen LogP contribution in [0.5, 0.6) is 0 Å². The maximum atomic E-state index is 12.0. The van der Waals surface area contributed by atoms with Crippen molar-refractivity contribution >= 4 is 40.2 Å². The van der Waals surface area contributed by atoms with Gasteiger partial charge in [-0.15, -0.1) is 0 Å². The van der Waals surface area contributed by atoms with Gasteiger partial charge in [0, 0.05) is 25.8 Å². The Kier molecular flexibility index (Phi) is 6.95. The summed E-state index contributed by atoms with van der Waals surface area (Å²) >= 11 is 6.18. The maximum Gasteiger partial charge on any atom is 0.225 e. The standard InChI is InChI=1S/C19H24ClN7O2/c1-4-14(28)22-12(7-9-29-5-2)15-16-17(27-26-15)18(25-19(20)24-16)23-13-10-11(3)6-8-21-13/h6,8,10,12H,4-5,7,9H2,1-3H3,(H,22,28)(H,26,27)(H,21,23,24,25). The second kappa shape index (κ2) is 9.62. The number of pyridine rings is 1. The van der Waals surface area contributed by atoms with Gasteiger partial charge in [0.25, 0.3) is 0 Å². The molecule has 0 aromatic carbocycles. The van der Waals surface area contributed by atoms with Gasteiger partial charge in [0.1, 0.15) is 22.5 Å². The van der Waals surface area contributed by atoms with Gasteiger partial charge < -0.3 is 15.4 Å². The average Bonchev–Trinajstić information content (AvgIpc) is 3.11. The topological polar surface area (TPSA) is 118 Å². The molecule has 3 heterocycles. The highest BCUT2D eigenvalue weighted by Gasteiger charge is 2.23. The van der Waals surface area contributed by atoms with E-state index >= 15 is 0 Å². The van der Waals surface area contributed by atoms with E-state index in [2.05, 4.69) is 35.8 Å². The summed E-state index contributed by atoms with van der Waals surface area (Å²) in [5.41, 5.74) is 2.77. The van der Waals surface area contributed by atoms with Gasteiger partial charge in [0.2, 0.25) is 11.2 Å². The van der Waals surface area contributed by atoms with Gasteiger partial charge in [-0.3, -0.25) is 9.89 Å². The first-order valence-electron chi connectivity index (χ1n) is 9.50. The van der Waals surface area contributed by atoms with Crippen molar-refractivity contribution in [2.75, 3.05) is 18.5 Å². The maximum absolute atomic E-state index is 12.0. The molecule has 1 amide bonds. The van der Waals surface area contributed by atoms with E-state index < -0.39 is 0 Å². The molecule has 0 saturated carbocycles. The first-order chi connectivity index (χ1) is 14.0. The van der Waals surface area contributed by atoms with E-state index in [9.17, 15) is 4.79 Å². The summed E-state index contributed by atoms with van der Waals surface area (Å²) in [5, 5.41) is 13.6. The van der Waals surface area contributed by atoms with Gasteiger partial charge >= 0.3 is 0 Å². The van der Waals surface area contributed by atoms with Gasteiger partial charge in [-0.25, -0.2) is 9.97 Å². The van der Waals surface area contributed by atoms with Crippen LogP contribution >= 0.6 is 11.6 Å². The van der Waals surface area contributed by atoms with Crippen molar-refractivity contribution in [2.45, 2.75) is 39.7 Å². The number of hydrogen-bond acceptors (Lipinski definition) is 7. The van der Waals surface area contributed by atoms with Crippen molar-refractivity contribution < 1.29 is 9.53 Å². The number of hydrogen-bond donors (Lipinski definition) is 3. The molecule has 0 bridgehead atoms. The third-order valence-corrected chi connectivity index (χ3v) is 4.48. The van der Waals surface area contributed by atoms with Crippen LogP contribution in [-0.4, -0.2) is 44.3 Å². The fourth-order valence-corrected chi connectivity index (χ4v) is 3.04. The summed E-state index contributed by atoms with van der Waals surface area (Å²) in [5.74, 6) is 1.01. The molecule has 3 N–H and O–H groups in total. The SMILES string of the molecule is CCOCCC(NC(=O)CC)c1n[nH]c2c(Nc3cc(C)ccn3)nc(Cl)nc12. The second-order valence-corrected chi connectivity index (χ2v) is 6.81. The lowest BCUT2D eigenvalue weighted by atomic mass is 10.1. The minimum absolute atomic E-state index is 0.0701. The highest BCUT2D eigenvalue weighted by Crippen LogP contribution is 2.29. The van der Waals surface area contributed by atoms with Gasteiger partial charge in [-0.05, 0) is 49.6 Å². The Morgan fingerprint density at radius 3 is 2.90 bits per heavy atom. The van der Waals surface area contributed by atoms with Crippen molar-refractivity contribution in [3.8, 4) is 0 Å². The first kappa shape index (κ1) is 20.9. The highest BCUT2D eigenvalue weighted by atomic mass is 35.5. The van der Waals surface area contributed by atoms with Gasteiger partial charge in [-0.1, -0.05) is 6.92 Å². The number of amides is 1. The molecule has 1 atom stereocenters. The Morgan fingerprint density at radius 2 is 2.17 bits per heavy atom. The van der Waals surface area contributed by atoms with Gasteiger partial charge in [0.15, 0.2) is 5.82 Å². The molecule has 1 unspecified atom stereocenters. The third kappa shape index (κ3) is 5.18. The van der Waals surface area contributed by atoms with E-state index in [-0.39, 0.29) is 17.2 Å². The van der Waals surface area contributed by atoms with Gasteiger partial charge in [-0.2, -0.15) is 10.1 Å². The van der Waals surface area contributed by atoms with E-state index in [4.69, 9.17) is 16.3 Å². The fraction of sp³-hybridized carbons (Fsp3) is 0.421. The minimum atomic E-state index is -0.362. The Bertz CT molecular complexity index is 992. The molecular weight excluding hydrogens is 394 g/mol. The molecule has 3 aromatic rings. The molecule has 0 fully saturated rings. The molecule has 0 saturated heterocycles. The lowest BCUT2D eigenvalue weighted by Crippen LogP contribution is -2.29. The number of halogens is 1. The summed E-state index contributed by atoms with van der Waals surface area (Å²) in [6.07, 6.45) is 2.64. The number of fused-ring (bicyclic) bond motifs is 1. The molecule has 3 aromatic heterocycles. The van der Waals surface area contributed by atoms with E-state index in [0.717, 1.165) is 5.56 Å². The number of carbonyl (C=O) groups excluding carboxylic acids is 1. The van der Waals surface area contributed by atoms with Crippen LogP contribution in [0, 0.1) is 6.92 Å². The highest BCUT2D eigenvalue weighted by molar-refractivity contribution is 6.28. The third-order valence-electron chi connectivity index (χ3n) is 4.32. The number of rotatable bonds is 9. The number of carbonyl (C=O) groups is 1. The lowest BCUT2D eigenvalue weighted by Gasteiger charge is -2.16. The van der Waals surface area contributed by atoms with Crippen LogP contribution in [0.1, 0.15) is 44.0 Å². The summed E-state index contributed by atoms with van der Waals surface area (Å²) in [7, 11) is 0. The van der Waals surface area contributed by atoms with E-state index in [1.807, 2.05) is 26.0 Å². The second-order valence-electron chi connectivity index (χ2n) is 6.48. The van der Waals surface area contributed by atoms with Crippen LogP contribution < -0.4 is 10.6 Å². The number of ether oxygens (including phenoxy) is 1. The Hall–Kier alpha value is -2.78. The smallest absolute Gasteiger partial charge is 0.225 e. The molecule has 0 radical (unpaired) electrons. The first-order valence-corrected chi connectivity index (χ1v) is 9.87. The summed E-state index contributed by atoms with van der Waals surface area (Å²) in [6, 6.07) is 3.44. The van der Waals surface area contributed by atoms with Crippen molar-refractivity contribution in [3.63, 3.8) is 0 Å². The number of aromatic nitrogens is 5. The summed E-state index contributed by atoms with van der Waals surface area (Å²) < 4.78 is 5.46. The number of nitrogens with zero attached hydrogens (tertiary/aromatic N) is 4. The molecule has 154 valence electrons. The number of H-pyrrole nitrogens is 1. The lowest BCUT2D eigenvalue weighted by molar-refractivity contribution is -0.121. The predicted octanol–water partition coefficient (Wildman–Crippen LogP) is 3.45. The van der Waals surface area contributed by atoms with Crippen molar-refractivity contribution in [1.29, 1.82) is 0 Å². The van der Waals surface area contributed by atoms with Crippen LogP contribution in [0.15, 0.2) is 18.3 Å².